The van der Waals surface area contributed by atoms with Crippen molar-refractivity contribution in [2.24, 2.45) is 5.18 Å². The third-order valence-corrected chi connectivity index (χ3v) is 2.51. The molecule has 0 spiro atoms. The first-order valence-electron chi connectivity index (χ1n) is 5.96. The molecule has 4 nitrogen and oxygen atoms in total. The molecule has 0 atom stereocenters. The zero-order valence-electron chi connectivity index (χ0n) is 10.4. The summed E-state index contributed by atoms with van der Waals surface area (Å²) >= 11 is 0. The van der Waals surface area contributed by atoms with E-state index in [1.807, 2.05) is 0 Å². The minimum Gasteiger partial charge on any atom is -0.493 e. The van der Waals surface area contributed by atoms with Crippen LogP contribution in [0.5, 0.6) is 11.5 Å². The maximum absolute atomic E-state index is 10.4. The summed E-state index contributed by atoms with van der Waals surface area (Å²) in [5.74, 6) is 1.22. The van der Waals surface area contributed by atoms with Gasteiger partial charge >= 0.3 is 0 Å². The first-order chi connectivity index (χ1) is 8.31. The van der Waals surface area contributed by atoms with Crippen molar-refractivity contribution in [1.29, 1.82) is 0 Å². The molecule has 0 unspecified atom stereocenters. The summed E-state index contributed by atoms with van der Waals surface area (Å²) in [6, 6.07) is 4.90. The van der Waals surface area contributed by atoms with Crippen molar-refractivity contribution in [2.75, 3.05) is 13.7 Å². The summed E-state index contributed by atoms with van der Waals surface area (Å²) in [6.07, 6.45) is 4.59. The maximum atomic E-state index is 10.4. The normalized spacial score (nSPS) is 10.0. The first-order valence-corrected chi connectivity index (χ1v) is 5.96. The molecule has 0 amide bonds. The van der Waals surface area contributed by atoms with Crippen LogP contribution in [-0.4, -0.2) is 13.7 Å². The molecule has 0 aliphatic carbocycles. The minimum absolute atomic E-state index is 0.356. The molecule has 1 aromatic carbocycles. The van der Waals surface area contributed by atoms with Gasteiger partial charge < -0.3 is 9.47 Å². The molecule has 0 heterocycles. The number of hydrogen-bond donors (Lipinski definition) is 0. The first kappa shape index (κ1) is 13.5. The predicted molar refractivity (Wildman–Crippen MR) is 68.1 cm³/mol. The lowest BCUT2D eigenvalue weighted by molar-refractivity contribution is 0.285. The zero-order chi connectivity index (χ0) is 12.5. The Morgan fingerprint density at radius 3 is 2.65 bits per heavy atom. The van der Waals surface area contributed by atoms with Crippen LogP contribution in [-0.2, 0) is 0 Å². The van der Waals surface area contributed by atoms with E-state index in [0.717, 1.165) is 12.8 Å². The summed E-state index contributed by atoms with van der Waals surface area (Å²) in [7, 11) is 1.58. The van der Waals surface area contributed by atoms with Crippen molar-refractivity contribution in [3.8, 4) is 11.5 Å². The molecule has 94 valence electrons. The van der Waals surface area contributed by atoms with Gasteiger partial charge in [-0.3, -0.25) is 0 Å². The van der Waals surface area contributed by atoms with Crippen molar-refractivity contribution in [3.05, 3.63) is 23.1 Å². The van der Waals surface area contributed by atoms with Gasteiger partial charge in [0.15, 0.2) is 11.5 Å². The van der Waals surface area contributed by atoms with Crippen molar-refractivity contribution < 1.29 is 9.47 Å². The van der Waals surface area contributed by atoms with Crippen molar-refractivity contribution in [3.63, 3.8) is 0 Å². The Morgan fingerprint density at radius 1 is 1.18 bits per heavy atom. The van der Waals surface area contributed by atoms with Gasteiger partial charge in [-0.15, -0.1) is 4.91 Å². The Labute approximate surface area is 102 Å². The molecule has 0 saturated carbocycles. The lowest BCUT2D eigenvalue weighted by Gasteiger charge is -2.10. The fourth-order valence-corrected chi connectivity index (χ4v) is 1.55. The topological polar surface area (TPSA) is 47.9 Å². The molecule has 17 heavy (non-hydrogen) atoms. The van der Waals surface area contributed by atoms with Gasteiger partial charge in [-0.2, -0.15) is 0 Å². The highest BCUT2D eigenvalue weighted by Crippen LogP contribution is 2.31. The third kappa shape index (κ3) is 4.43. The van der Waals surface area contributed by atoms with E-state index in [1.54, 1.807) is 25.3 Å². The number of unbranched alkanes of at least 4 members (excludes halogenated alkanes) is 3. The number of nitrogens with zero attached hydrogens (tertiary/aromatic N) is 1. The van der Waals surface area contributed by atoms with E-state index < -0.39 is 0 Å². The number of methoxy groups -OCH3 is 1. The second-order valence-electron chi connectivity index (χ2n) is 3.84. The monoisotopic (exact) mass is 237 g/mol. The Kier molecular flexibility index (Phi) is 6.07. The number of benzene rings is 1. The standard InChI is InChI=1S/C13H19NO3/c1-3-4-5-6-9-17-13-10-11(14-15)7-8-12(13)16-2/h7-8,10H,3-6,9H2,1-2H3. The van der Waals surface area contributed by atoms with Gasteiger partial charge in [-0.05, 0) is 23.7 Å². The molecule has 0 N–H and O–H groups in total. The van der Waals surface area contributed by atoms with Gasteiger partial charge in [0.05, 0.1) is 13.7 Å². The summed E-state index contributed by atoms with van der Waals surface area (Å²) in [6.45, 7) is 2.81. The summed E-state index contributed by atoms with van der Waals surface area (Å²) in [5.41, 5.74) is 0.356. The molecule has 4 heteroatoms. The predicted octanol–water partition coefficient (Wildman–Crippen LogP) is 4.05. The van der Waals surface area contributed by atoms with Crippen LogP contribution >= 0.6 is 0 Å². The van der Waals surface area contributed by atoms with E-state index in [2.05, 4.69) is 12.1 Å². The summed E-state index contributed by atoms with van der Waals surface area (Å²) in [5, 5.41) is 2.88. The Balaban J connectivity index is 2.52. The molecule has 0 aliphatic heterocycles. The molecule has 0 aromatic heterocycles. The highest BCUT2D eigenvalue weighted by atomic mass is 16.5. The average Bonchev–Trinajstić information content (AvgIpc) is 2.38. The SMILES string of the molecule is CCCCCCOc1cc(N=O)ccc1OC. The van der Waals surface area contributed by atoms with Crippen LogP contribution in [0, 0.1) is 4.91 Å². The summed E-state index contributed by atoms with van der Waals surface area (Å²) in [4.78, 5) is 10.4. The molecular formula is C13H19NO3. The molecule has 0 bridgehead atoms. The van der Waals surface area contributed by atoms with E-state index >= 15 is 0 Å². The molecule has 0 saturated heterocycles. The molecular weight excluding hydrogens is 218 g/mol. The van der Waals surface area contributed by atoms with Gasteiger partial charge in [0.1, 0.15) is 5.69 Å². The minimum atomic E-state index is 0.356. The fourth-order valence-electron chi connectivity index (χ4n) is 1.55. The highest BCUT2D eigenvalue weighted by molar-refractivity contribution is 5.51. The van der Waals surface area contributed by atoms with Gasteiger partial charge in [-0.25, -0.2) is 0 Å². The van der Waals surface area contributed by atoms with Crippen molar-refractivity contribution in [2.45, 2.75) is 32.6 Å². The molecule has 0 fully saturated rings. The number of rotatable bonds is 8. The van der Waals surface area contributed by atoms with Crippen LogP contribution in [0.25, 0.3) is 0 Å². The average molecular weight is 237 g/mol. The zero-order valence-corrected chi connectivity index (χ0v) is 10.4. The third-order valence-electron chi connectivity index (χ3n) is 2.51. The van der Waals surface area contributed by atoms with Crippen LogP contribution in [0.2, 0.25) is 0 Å². The van der Waals surface area contributed by atoms with E-state index in [9.17, 15) is 4.91 Å². The van der Waals surface area contributed by atoms with E-state index in [4.69, 9.17) is 9.47 Å². The van der Waals surface area contributed by atoms with E-state index in [1.165, 1.54) is 12.8 Å². The second kappa shape index (κ2) is 7.65. The van der Waals surface area contributed by atoms with Crippen LogP contribution in [0.3, 0.4) is 0 Å². The van der Waals surface area contributed by atoms with Gasteiger partial charge in [0.25, 0.3) is 0 Å². The maximum Gasteiger partial charge on any atom is 0.163 e. The Hall–Kier alpha value is -1.58. The smallest absolute Gasteiger partial charge is 0.163 e. The van der Waals surface area contributed by atoms with Crippen LogP contribution in [0.15, 0.2) is 23.4 Å². The van der Waals surface area contributed by atoms with E-state index in [0.29, 0.717) is 23.8 Å². The van der Waals surface area contributed by atoms with Crippen molar-refractivity contribution >= 4 is 5.69 Å². The van der Waals surface area contributed by atoms with E-state index in [-0.39, 0.29) is 0 Å². The lowest BCUT2D eigenvalue weighted by Crippen LogP contribution is -1.99. The molecule has 1 rings (SSSR count). The highest BCUT2D eigenvalue weighted by Gasteiger charge is 2.05. The summed E-state index contributed by atoms with van der Waals surface area (Å²) < 4.78 is 10.7. The largest absolute Gasteiger partial charge is 0.493 e. The van der Waals surface area contributed by atoms with Gasteiger partial charge in [0, 0.05) is 6.07 Å². The number of ether oxygens (including phenoxy) is 2. The fraction of sp³-hybridized carbons (Fsp3) is 0.538. The lowest BCUT2D eigenvalue weighted by atomic mass is 10.2. The Bertz CT molecular complexity index is 353. The van der Waals surface area contributed by atoms with Crippen LogP contribution < -0.4 is 9.47 Å². The number of nitroso groups, excluding NO2 is 1. The molecule has 0 aliphatic rings. The second-order valence-corrected chi connectivity index (χ2v) is 3.84. The quantitative estimate of drug-likeness (QED) is 0.506. The van der Waals surface area contributed by atoms with Crippen molar-refractivity contribution in [1.82, 2.24) is 0 Å². The molecule has 1 aromatic rings. The van der Waals surface area contributed by atoms with Gasteiger partial charge in [-0.1, -0.05) is 26.2 Å². The number of hydrogen-bond acceptors (Lipinski definition) is 4. The van der Waals surface area contributed by atoms with Gasteiger partial charge in [0.2, 0.25) is 0 Å². The molecule has 0 radical (unpaired) electrons. The van der Waals surface area contributed by atoms with Crippen LogP contribution in [0.4, 0.5) is 5.69 Å². The Morgan fingerprint density at radius 2 is 2.00 bits per heavy atom. The van der Waals surface area contributed by atoms with Crippen LogP contribution in [0.1, 0.15) is 32.6 Å².